The molecule has 0 bridgehead atoms. The first-order valence-corrected chi connectivity index (χ1v) is 15.2. The minimum atomic E-state index is -3.82. The summed E-state index contributed by atoms with van der Waals surface area (Å²) in [7, 11) is -7.39. The third kappa shape index (κ3) is 5.16. The molecule has 4 rings (SSSR count). The average molecular weight is 538 g/mol. The Labute approximate surface area is 209 Å². The summed E-state index contributed by atoms with van der Waals surface area (Å²) in [6.07, 6.45) is 4.18. The number of nitrogens with one attached hydrogen (secondary N) is 3. The van der Waals surface area contributed by atoms with Crippen LogP contribution in [-0.4, -0.2) is 30.6 Å². The molecule has 0 fully saturated rings. The zero-order valence-corrected chi connectivity index (χ0v) is 22.8. The fourth-order valence-electron chi connectivity index (χ4n) is 4.29. The van der Waals surface area contributed by atoms with E-state index in [4.69, 9.17) is 4.52 Å². The number of hydrogen-bond acceptors (Lipinski definition) is 7. The number of sulfonamides is 1. The minimum absolute atomic E-state index is 0.00585. The van der Waals surface area contributed by atoms with E-state index in [0.717, 1.165) is 12.7 Å². The molecule has 13 heteroatoms. The Hall–Kier alpha value is -2.82. The van der Waals surface area contributed by atoms with Crippen molar-refractivity contribution in [2.75, 3.05) is 22.9 Å². The molecule has 11 nitrogen and oxygen atoms in total. The first kappa shape index (κ1) is 26.2. The van der Waals surface area contributed by atoms with Gasteiger partial charge in [0.05, 0.1) is 23.9 Å². The second kappa shape index (κ2) is 9.24. The van der Waals surface area contributed by atoms with Crippen LogP contribution in [0.15, 0.2) is 27.8 Å². The van der Waals surface area contributed by atoms with Crippen LogP contribution in [0.2, 0.25) is 0 Å². The van der Waals surface area contributed by atoms with Gasteiger partial charge in [0, 0.05) is 18.8 Å². The summed E-state index contributed by atoms with van der Waals surface area (Å²) >= 11 is 0. The van der Waals surface area contributed by atoms with Gasteiger partial charge in [0.15, 0.2) is 0 Å². The number of nitrogens with zero attached hydrogens (tertiary/aromatic N) is 2. The molecule has 1 aromatic carbocycles. The van der Waals surface area contributed by atoms with Gasteiger partial charge >= 0.3 is 7.52 Å². The summed E-state index contributed by atoms with van der Waals surface area (Å²) in [5, 5.41) is 6.29. The molecule has 0 amide bonds. The molecule has 0 aliphatic carbocycles. The fourth-order valence-corrected chi connectivity index (χ4v) is 6.75. The summed E-state index contributed by atoms with van der Waals surface area (Å²) in [5.74, 6) is 0.00585. The van der Waals surface area contributed by atoms with Crippen molar-refractivity contribution < 1.29 is 17.5 Å². The monoisotopic (exact) mass is 537 g/mol. The molecule has 0 radical (unpaired) electrons. The Morgan fingerprint density at radius 2 is 1.94 bits per heavy atom. The fraction of sp³-hybridized carbons (Fsp3) is 0.478. The first-order chi connectivity index (χ1) is 16.7. The smallest absolute Gasteiger partial charge is 0.327 e. The van der Waals surface area contributed by atoms with E-state index in [0.29, 0.717) is 30.5 Å². The number of rotatable bonds is 6. The topological polar surface area (TPSA) is 141 Å². The van der Waals surface area contributed by atoms with Crippen molar-refractivity contribution in [1.82, 2.24) is 14.5 Å². The second-order valence-corrected chi connectivity index (χ2v) is 13.9. The van der Waals surface area contributed by atoms with Gasteiger partial charge in [-0.05, 0) is 43.4 Å². The number of benzene rings is 1. The van der Waals surface area contributed by atoms with E-state index in [1.165, 1.54) is 18.2 Å². The summed E-state index contributed by atoms with van der Waals surface area (Å²) < 4.78 is 48.6. The predicted molar refractivity (Wildman–Crippen MR) is 141 cm³/mol. The van der Waals surface area contributed by atoms with Crippen LogP contribution in [0.4, 0.5) is 11.4 Å². The predicted octanol–water partition coefficient (Wildman–Crippen LogP) is 0.638. The zero-order chi connectivity index (χ0) is 26.5. The zero-order valence-electron chi connectivity index (χ0n) is 21.0. The summed E-state index contributed by atoms with van der Waals surface area (Å²) in [6, 6.07) is 4.44. The number of fused-ring (bicyclic) bond motifs is 2. The van der Waals surface area contributed by atoms with Crippen LogP contribution in [-0.2, 0) is 32.2 Å². The van der Waals surface area contributed by atoms with E-state index in [1.807, 2.05) is 6.08 Å². The van der Waals surface area contributed by atoms with E-state index in [-0.39, 0.29) is 34.1 Å². The normalized spacial score (nSPS) is 20.6. The van der Waals surface area contributed by atoms with Crippen LogP contribution in [0.25, 0.3) is 11.9 Å². The second-order valence-electron chi connectivity index (χ2n) is 10.1. The first-order valence-electron chi connectivity index (χ1n) is 11.7. The van der Waals surface area contributed by atoms with Crippen molar-refractivity contribution in [3.05, 3.63) is 49.3 Å². The molecule has 0 saturated carbocycles. The number of hydrogen-bond donors (Lipinski definition) is 3. The Balaban J connectivity index is 1.95. The Morgan fingerprint density at radius 1 is 1.22 bits per heavy atom. The van der Waals surface area contributed by atoms with E-state index < -0.39 is 28.5 Å². The summed E-state index contributed by atoms with van der Waals surface area (Å²) in [6.45, 7) is 8.95. The van der Waals surface area contributed by atoms with Crippen LogP contribution in [0.5, 0.6) is 0 Å². The lowest BCUT2D eigenvalue weighted by Crippen LogP contribution is -2.60. The molecule has 1 unspecified atom stereocenters. The van der Waals surface area contributed by atoms with Gasteiger partial charge in [0.1, 0.15) is 16.4 Å². The van der Waals surface area contributed by atoms with Crippen molar-refractivity contribution in [3.8, 4) is 0 Å². The van der Waals surface area contributed by atoms with Crippen LogP contribution in [0.1, 0.15) is 40.5 Å². The number of anilines is 2. The Morgan fingerprint density at radius 3 is 2.58 bits per heavy atom. The molecule has 0 saturated heterocycles. The molecular weight excluding hydrogens is 505 g/mol. The number of aromatic nitrogens is 2. The molecule has 196 valence electrons. The van der Waals surface area contributed by atoms with Gasteiger partial charge in [-0.25, -0.2) is 13.1 Å². The highest BCUT2D eigenvalue weighted by Crippen LogP contribution is 2.47. The van der Waals surface area contributed by atoms with Crippen LogP contribution in [0, 0.1) is 5.41 Å². The highest BCUT2D eigenvalue weighted by molar-refractivity contribution is 7.92. The summed E-state index contributed by atoms with van der Waals surface area (Å²) in [4.78, 5) is 27.1. The van der Waals surface area contributed by atoms with Gasteiger partial charge in [-0.2, -0.15) is 0 Å². The molecule has 36 heavy (non-hydrogen) atoms. The van der Waals surface area contributed by atoms with E-state index >= 15 is 0 Å². The molecule has 1 atom stereocenters. The highest BCUT2D eigenvalue weighted by Gasteiger charge is 2.35. The van der Waals surface area contributed by atoms with Crippen LogP contribution < -0.4 is 42.0 Å². The van der Waals surface area contributed by atoms with Gasteiger partial charge in [-0.3, -0.25) is 28.6 Å². The van der Waals surface area contributed by atoms with Gasteiger partial charge in [-0.15, -0.1) is 0 Å². The van der Waals surface area contributed by atoms with Gasteiger partial charge in [-0.1, -0.05) is 26.8 Å². The summed E-state index contributed by atoms with van der Waals surface area (Å²) in [5.41, 5.74) is -0.416. The molecular formula is C23H32N5O6PS. The van der Waals surface area contributed by atoms with Gasteiger partial charge in [0.2, 0.25) is 15.5 Å². The van der Waals surface area contributed by atoms with E-state index in [2.05, 4.69) is 35.9 Å². The lowest BCUT2D eigenvalue weighted by atomic mass is 9.92. The molecule has 0 spiro atoms. The van der Waals surface area contributed by atoms with Crippen LogP contribution >= 0.6 is 7.52 Å². The maximum Gasteiger partial charge on any atom is 0.327 e. The molecule has 1 aromatic heterocycles. The van der Waals surface area contributed by atoms with Crippen molar-refractivity contribution in [3.63, 3.8) is 0 Å². The van der Waals surface area contributed by atoms with Crippen molar-refractivity contribution in [2.24, 2.45) is 5.41 Å². The highest BCUT2D eigenvalue weighted by atomic mass is 32.2. The lowest BCUT2D eigenvalue weighted by molar-refractivity contribution is 0.310. The molecule has 3 N–H and O–H groups in total. The SMILES string of the molecule is CCOP1(=O)NC(=c2c(=O)c3n(n(CCC(C)(C)C)c2=O)CCC=3)Nc2ccc(NS(C)(=O)=O)cc21. The van der Waals surface area contributed by atoms with Crippen molar-refractivity contribution in [1.29, 1.82) is 0 Å². The largest absolute Gasteiger partial charge is 0.340 e. The lowest BCUT2D eigenvalue weighted by Gasteiger charge is -2.30. The average Bonchev–Trinajstić information content (AvgIpc) is 3.22. The van der Waals surface area contributed by atoms with E-state index in [9.17, 15) is 22.6 Å². The minimum Gasteiger partial charge on any atom is -0.340 e. The van der Waals surface area contributed by atoms with E-state index in [1.54, 1.807) is 16.3 Å². The Bertz CT molecular complexity index is 1620. The molecule has 2 aliphatic heterocycles. The molecule has 3 heterocycles. The quantitative estimate of drug-likeness (QED) is 0.456. The standard InChI is InChI=1S/C23H32N5O6PS/c1-6-34-35(31)18-14-15(26-36(5,32)33)9-10-16(18)24-21(25-35)19-20(29)17-8-7-12-27(17)28(22(19)30)13-11-23(2,3)4/h8-10,14,24,26H,6-7,11-13H2,1-5H3,(H,25,31). The van der Waals surface area contributed by atoms with Crippen LogP contribution in [0.3, 0.4) is 0 Å². The van der Waals surface area contributed by atoms with Gasteiger partial charge in [0.25, 0.3) is 5.56 Å². The maximum atomic E-state index is 14.0. The van der Waals surface area contributed by atoms with Gasteiger partial charge < -0.3 is 9.84 Å². The maximum absolute atomic E-state index is 14.0. The Kier molecular flexibility index (Phi) is 6.74. The molecule has 2 aliphatic rings. The molecule has 2 aromatic rings. The third-order valence-corrected chi connectivity index (χ3v) is 8.68. The van der Waals surface area contributed by atoms with Crippen molar-refractivity contribution in [2.45, 2.75) is 53.6 Å². The van der Waals surface area contributed by atoms with Crippen molar-refractivity contribution >= 4 is 46.1 Å². The third-order valence-electron chi connectivity index (χ3n) is 5.93.